The Morgan fingerprint density at radius 3 is 2.54 bits per heavy atom. The van der Waals surface area contributed by atoms with Crippen LogP contribution in [0.15, 0.2) is 35.2 Å². The van der Waals surface area contributed by atoms with E-state index in [-0.39, 0.29) is 17.9 Å². The number of likely N-dealkylation sites (tertiary alicyclic amines) is 1. The Labute approximate surface area is 157 Å². The monoisotopic (exact) mass is 372 g/mol. The number of carbonyl (C=O) groups excluding carboxylic acids is 2. The van der Waals surface area contributed by atoms with Crippen LogP contribution in [0.4, 0.5) is 4.79 Å². The molecule has 26 heavy (non-hydrogen) atoms. The molecule has 6 nitrogen and oxygen atoms in total. The Morgan fingerprint density at radius 1 is 1.15 bits per heavy atom. The van der Waals surface area contributed by atoms with Gasteiger partial charge in [-0.15, -0.1) is 11.3 Å². The van der Waals surface area contributed by atoms with Crippen molar-refractivity contribution in [2.75, 3.05) is 13.1 Å². The van der Waals surface area contributed by atoms with Crippen LogP contribution in [0.25, 0.3) is 0 Å². The Balaban J connectivity index is 1.39. The largest absolute Gasteiger partial charge is 0.352 e. The minimum atomic E-state index is -0.0866. The number of benzene rings is 1. The van der Waals surface area contributed by atoms with Crippen molar-refractivity contribution < 1.29 is 9.59 Å². The van der Waals surface area contributed by atoms with E-state index in [4.69, 9.17) is 0 Å². The maximum Gasteiger partial charge on any atom is 0.317 e. The highest BCUT2D eigenvalue weighted by molar-refractivity contribution is 7.07. The molecule has 2 N–H and O–H groups in total. The summed E-state index contributed by atoms with van der Waals surface area (Å²) >= 11 is 1.51. The summed E-state index contributed by atoms with van der Waals surface area (Å²) in [7, 11) is 0. The number of amides is 3. The number of aryl methyl sites for hydroxylation is 1. The third kappa shape index (κ3) is 5.05. The molecule has 1 aliphatic rings. The van der Waals surface area contributed by atoms with Gasteiger partial charge in [0.25, 0.3) is 0 Å². The minimum Gasteiger partial charge on any atom is -0.352 e. The highest BCUT2D eigenvalue weighted by Crippen LogP contribution is 2.18. The van der Waals surface area contributed by atoms with Crippen molar-refractivity contribution in [1.82, 2.24) is 20.5 Å². The van der Waals surface area contributed by atoms with Gasteiger partial charge < -0.3 is 15.5 Å². The second-order valence-corrected chi connectivity index (χ2v) is 7.32. The molecule has 1 saturated heterocycles. The molecule has 0 unspecified atom stereocenters. The molecule has 2 aromatic rings. The molecule has 1 aromatic carbocycles. The third-order valence-corrected chi connectivity index (χ3v) is 5.28. The van der Waals surface area contributed by atoms with Gasteiger partial charge in [0.15, 0.2) is 0 Å². The summed E-state index contributed by atoms with van der Waals surface area (Å²) in [4.78, 5) is 30.5. The summed E-state index contributed by atoms with van der Waals surface area (Å²) in [6, 6.07) is 8.07. The van der Waals surface area contributed by atoms with Gasteiger partial charge in [-0.25, -0.2) is 9.78 Å². The maximum absolute atomic E-state index is 12.4. The van der Waals surface area contributed by atoms with Crippen LogP contribution in [0, 0.1) is 12.8 Å². The Bertz CT molecular complexity index is 723. The zero-order valence-corrected chi connectivity index (χ0v) is 15.7. The highest BCUT2D eigenvalue weighted by atomic mass is 32.1. The predicted molar refractivity (Wildman–Crippen MR) is 102 cm³/mol. The number of aromatic nitrogens is 1. The Morgan fingerprint density at radius 2 is 1.88 bits per heavy atom. The Kier molecular flexibility index (Phi) is 6.22. The average Bonchev–Trinajstić information content (AvgIpc) is 3.19. The predicted octanol–water partition coefficient (Wildman–Crippen LogP) is 2.69. The number of piperidine rings is 1. The first-order chi connectivity index (χ1) is 12.6. The second-order valence-electron chi connectivity index (χ2n) is 6.60. The molecule has 3 amide bonds. The van der Waals surface area contributed by atoms with E-state index < -0.39 is 0 Å². The first-order valence-electron chi connectivity index (χ1n) is 8.85. The van der Waals surface area contributed by atoms with Crippen LogP contribution in [0.5, 0.6) is 0 Å². The van der Waals surface area contributed by atoms with Crippen molar-refractivity contribution in [3.63, 3.8) is 0 Å². The second kappa shape index (κ2) is 8.80. The molecule has 1 aliphatic heterocycles. The number of thiazole rings is 1. The fourth-order valence-electron chi connectivity index (χ4n) is 2.99. The van der Waals surface area contributed by atoms with Crippen LogP contribution in [0.2, 0.25) is 0 Å². The molecule has 0 radical (unpaired) electrons. The summed E-state index contributed by atoms with van der Waals surface area (Å²) < 4.78 is 0. The van der Waals surface area contributed by atoms with E-state index in [1.807, 2.05) is 36.6 Å². The molecule has 1 aromatic heterocycles. The van der Waals surface area contributed by atoms with Gasteiger partial charge in [-0.1, -0.05) is 29.8 Å². The maximum atomic E-state index is 12.4. The lowest BCUT2D eigenvalue weighted by atomic mass is 9.96. The third-order valence-electron chi connectivity index (χ3n) is 4.64. The van der Waals surface area contributed by atoms with E-state index in [2.05, 4.69) is 15.6 Å². The molecular formula is C19H24N4O2S. The fraction of sp³-hybridized carbons (Fsp3) is 0.421. The number of hydrogen-bond acceptors (Lipinski definition) is 4. The van der Waals surface area contributed by atoms with E-state index in [0.29, 0.717) is 39.0 Å². The zero-order chi connectivity index (χ0) is 18.4. The van der Waals surface area contributed by atoms with Crippen molar-refractivity contribution in [2.24, 2.45) is 5.92 Å². The van der Waals surface area contributed by atoms with Gasteiger partial charge in [0.1, 0.15) is 0 Å². The zero-order valence-electron chi connectivity index (χ0n) is 14.9. The lowest BCUT2D eigenvalue weighted by Gasteiger charge is -2.31. The summed E-state index contributed by atoms with van der Waals surface area (Å²) in [6.07, 6.45) is 1.40. The Hall–Kier alpha value is -2.41. The topological polar surface area (TPSA) is 74.3 Å². The van der Waals surface area contributed by atoms with Crippen molar-refractivity contribution >= 4 is 23.3 Å². The summed E-state index contributed by atoms with van der Waals surface area (Å²) in [6.45, 7) is 4.24. The van der Waals surface area contributed by atoms with Crippen LogP contribution >= 0.6 is 11.3 Å². The van der Waals surface area contributed by atoms with Gasteiger partial charge >= 0.3 is 6.03 Å². The molecule has 138 valence electrons. The smallest absolute Gasteiger partial charge is 0.317 e. The highest BCUT2D eigenvalue weighted by Gasteiger charge is 2.27. The van der Waals surface area contributed by atoms with Crippen molar-refractivity contribution in [2.45, 2.75) is 32.9 Å². The normalized spacial score (nSPS) is 14.9. The van der Waals surface area contributed by atoms with E-state index in [1.54, 1.807) is 10.4 Å². The summed E-state index contributed by atoms with van der Waals surface area (Å²) in [5.41, 5.74) is 4.93. The van der Waals surface area contributed by atoms with Gasteiger partial charge in [0.05, 0.1) is 17.7 Å². The van der Waals surface area contributed by atoms with Crippen molar-refractivity contribution in [1.29, 1.82) is 0 Å². The van der Waals surface area contributed by atoms with Crippen LogP contribution in [-0.2, 0) is 17.9 Å². The molecule has 0 aliphatic carbocycles. The molecule has 0 saturated carbocycles. The molecule has 7 heteroatoms. The standard InChI is InChI=1S/C19H24N4O2S/c1-14-2-4-15(5-3-14)10-20-18(24)16-6-8-23(9-7-16)19(25)21-11-17-12-26-13-22-17/h2-5,12-13,16H,6-11H2,1H3,(H,20,24)(H,21,25). The van der Waals surface area contributed by atoms with Crippen LogP contribution in [-0.4, -0.2) is 34.9 Å². The lowest BCUT2D eigenvalue weighted by Crippen LogP contribution is -2.46. The molecule has 3 rings (SSSR count). The van der Waals surface area contributed by atoms with Gasteiger partial charge in [0.2, 0.25) is 5.91 Å². The number of carbonyl (C=O) groups is 2. The fourth-order valence-corrected chi connectivity index (χ4v) is 3.55. The van der Waals surface area contributed by atoms with Crippen molar-refractivity contribution in [3.8, 4) is 0 Å². The van der Waals surface area contributed by atoms with Crippen LogP contribution in [0.1, 0.15) is 29.7 Å². The molecule has 2 heterocycles. The number of nitrogens with one attached hydrogen (secondary N) is 2. The first-order valence-corrected chi connectivity index (χ1v) is 9.79. The van der Waals surface area contributed by atoms with Gasteiger partial charge in [-0.2, -0.15) is 0 Å². The molecular weight excluding hydrogens is 348 g/mol. The quantitative estimate of drug-likeness (QED) is 0.847. The van der Waals surface area contributed by atoms with Crippen molar-refractivity contribution in [3.05, 3.63) is 52.0 Å². The summed E-state index contributed by atoms with van der Waals surface area (Å²) in [5.74, 6) is 0.0520. The van der Waals surface area contributed by atoms with Gasteiger partial charge in [-0.05, 0) is 25.3 Å². The SMILES string of the molecule is Cc1ccc(CNC(=O)C2CCN(C(=O)NCc3cscn3)CC2)cc1. The first kappa shape index (κ1) is 18.4. The molecule has 0 spiro atoms. The van der Waals surface area contributed by atoms with Crippen LogP contribution < -0.4 is 10.6 Å². The average molecular weight is 372 g/mol. The molecule has 0 bridgehead atoms. The van der Waals surface area contributed by atoms with E-state index in [1.165, 1.54) is 16.9 Å². The van der Waals surface area contributed by atoms with Crippen LogP contribution in [0.3, 0.4) is 0 Å². The van der Waals surface area contributed by atoms with E-state index >= 15 is 0 Å². The van der Waals surface area contributed by atoms with E-state index in [9.17, 15) is 9.59 Å². The number of nitrogens with zero attached hydrogens (tertiary/aromatic N) is 2. The van der Waals surface area contributed by atoms with Gasteiger partial charge in [0, 0.05) is 30.9 Å². The minimum absolute atomic E-state index is 0.0250. The number of urea groups is 1. The van der Waals surface area contributed by atoms with E-state index in [0.717, 1.165) is 11.3 Å². The number of rotatable bonds is 5. The summed E-state index contributed by atoms with van der Waals surface area (Å²) in [5, 5.41) is 7.81. The lowest BCUT2D eigenvalue weighted by molar-refractivity contribution is -0.126. The molecule has 1 fully saturated rings. The number of hydrogen-bond donors (Lipinski definition) is 2. The van der Waals surface area contributed by atoms with Gasteiger partial charge in [-0.3, -0.25) is 4.79 Å². The molecule has 0 atom stereocenters.